The highest BCUT2D eigenvalue weighted by Gasteiger charge is 2.36. The van der Waals surface area contributed by atoms with E-state index >= 15 is 0 Å². The Morgan fingerprint density at radius 3 is 2.37 bits per heavy atom. The molecule has 0 saturated carbocycles. The van der Waals surface area contributed by atoms with E-state index in [0.29, 0.717) is 16.0 Å². The molecule has 1 fully saturated rings. The second-order valence-electron chi connectivity index (χ2n) is 6.98. The van der Waals surface area contributed by atoms with Crippen LogP contribution in [0.4, 0.5) is 11.9 Å². The van der Waals surface area contributed by atoms with Gasteiger partial charge in [-0.1, -0.05) is 53.5 Å². The first-order chi connectivity index (χ1) is 14.5. The van der Waals surface area contributed by atoms with Crippen molar-refractivity contribution >= 4 is 52.6 Å². The van der Waals surface area contributed by atoms with Gasteiger partial charge in [-0.15, -0.1) is 5.10 Å². The first kappa shape index (κ1) is 18.8. The van der Waals surface area contributed by atoms with Crippen LogP contribution in [0.5, 0.6) is 0 Å². The summed E-state index contributed by atoms with van der Waals surface area (Å²) < 4.78 is 1.63. The molecule has 2 aromatic carbocycles. The number of rotatable bonds is 3. The summed E-state index contributed by atoms with van der Waals surface area (Å²) in [5.41, 5.74) is 2.52. The number of hydrogen-bond donors (Lipinski definition) is 1. The van der Waals surface area contributed by atoms with E-state index in [0.717, 1.165) is 21.7 Å². The summed E-state index contributed by atoms with van der Waals surface area (Å²) >= 11 is 12.5. The third kappa shape index (κ3) is 3.16. The lowest BCUT2D eigenvalue weighted by atomic mass is 10.0. The van der Waals surface area contributed by atoms with Gasteiger partial charge >= 0.3 is 0 Å². The molecule has 0 radical (unpaired) electrons. The van der Waals surface area contributed by atoms with Crippen LogP contribution in [0.25, 0.3) is 5.70 Å². The van der Waals surface area contributed by atoms with E-state index in [1.165, 1.54) is 0 Å². The van der Waals surface area contributed by atoms with Crippen molar-refractivity contribution in [2.24, 2.45) is 0 Å². The number of benzene rings is 2. The Kier molecular flexibility index (Phi) is 4.56. The first-order valence-electron chi connectivity index (χ1n) is 9.33. The largest absolute Gasteiger partial charge is 0.324 e. The summed E-state index contributed by atoms with van der Waals surface area (Å²) in [5, 5.41) is 8.93. The molecular formula is C21H15Cl2N5O2. The van der Waals surface area contributed by atoms with Gasteiger partial charge in [0.2, 0.25) is 17.8 Å². The predicted molar refractivity (Wildman–Crippen MR) is 114 cm³/mol. The first-order valence-corrected chi connectivity index (χ1v) is 10.1. The fourth-order valence-electron chi connectivity index (χ4n) is 3.61. The summed E-state index contributed by atoms with van der Waals surface area (Å²) in [5.74, 6) is -0.131. The maximum absolute atomic E-state index is 12.2. The number of amides is 2. The molecule has 0 bridgehead atoms. The van der Waals surface area contributed by atoms with Crippen LogP contribution in [0, 0.1) is 0 Å². The molecule has 1 N–H and O–H groups in total. The molecule has 2 amide bonds. The number of fused-ring (bicyclic) bond motifs is 1. The molecule has 30 heavy (non-hydrogen) atoms. The zero-order chi connectivity index (χ0) is 20.8. The Morgan fingerprint density at radius 2 is 1.67 bits per heavy atom. The normalized spacial score (nSPS) is 18.3. The Bertz CT molecular complexity index is 1190. The number of halogens is 2. The lowest BCUT2D eigenvalue weighted by molar-refractivity contribution is -0.121. The molecule has 3 aromatic rings. The van der Waals surface area contributed by atoms with Crippen molar-refractivity contribution in [3.63, 3.8) is 0 Å². The van der Waals surface area contributed by atoms with Gasteiger partial charge in [0.1, 0.15) is 6.04 Å². The highest BCUT2D eigenvalue weighted by molar-refractivity contribution is 6.31. The molecule has 0 spiro atoms. The molecule has 9 heteroatoms. The summed E-state index contributed by atoms with van der Waals surface area (Å²) in [6, 6.07) is 14.5. The number of nitrogens with zero attached hydrogens (tertiary/aromatic N) is 4. The molecule has 5 rings (SSSR count). The van der Waals surface area contributed by atoms with E-state index in [9.17, 15) is 9.59 Å². The molecule has 1 atom stereocenters. The van der Waals surface area contributed by atoms with E-state index in [1.54, 1.807) is 22.9 Å². The number of nitrogens with one attached hydrogen (secondary N) is 1. The lowest BCUT2D eigenvalue weighted by Gasteiger charge is -2.25. The van der Waals surface area contributed by atoms with Crippen molar-refractivity contribution in [1.82, 2.24) is 14.8 Å². The number of carbonyl (C=O) groups is 2. The van der Waals surface area contributed by atoms with Crippen molar-refractivity contribution in [1.29, 1.82) is 0 Å². The number of imide groups is 1. The fraction of sp³-hybridized carbons (Fsp3) is 0.143. The maximum Gasteiger partial charge on any atom is 0.260 e. The Balaban J connectivity index is 1.63. The van der Waals surface area contributed by atoms with Crippen molar-refractivity contribution in [2.45, 2.75) is 18.9 Å². The minimum atomic E-state index is -0.380. The molecule has 7 nitrogen and oxygen atoms in total. The quantitative estimate of drug-likeness (QED) is 0.615. The van der Waals surface area contributed by atoms with Gasteiger partial charge in [0.15, 0.2) is 0 Å². The number of hydrogen-bond acceptors (Lipinski definition) is 5. The second kappa shape index (κ2) is 7.27. The molecule has 1 aromatic heterocycles. The van der Waals surface area contributed by atoms with Crippen molar-refractivity contribution in [2.75, 3.05) is 10.2 Å². The Labute approximate surface area is 181 Å². The SMILES string of the molecule is O=C1CCC(=O)N1c1nc2n(n1)[C@@H](c1ccccc1Cl)C=C(c1ccc(Cl)cc1)N2. The van der Waals surface area contributed by atoms with E-state index in [2.05, 4.69) is 15.4 Å². The van der Waals surface area contributed by atoms with Gasteiger partial charge in [-0.3, -0.25) is 9.59 Å². The van der Waals surface area contributed by atoms with Crippen molar-refractivity contribution < 1.29 is 9.59 Å². The van der Waals surface area contributed by atoms with Gasteiger partial charge in [0.25, 0.3) is 5.95 Å². The zero-order valence-corrected chi connectivity index (χ0v) is 17.1. The summed E-state index contributed by atoms with van der Waals surface area (Å²) in [4.78, 5) is 29.8. The second-order valence-corrected chi connectivity index (χ2v) is 7.83. The summed E-state index contributed by atoms with van der Waals surface area (Å²) in [6.45, 7) is 0. The van der Waals surface area contributed by atoms with E-state index in [1.807, 2.05) is 36.4 Å². The molecule has 0 aliphatic carbocycles. The summed E-state index contributed by atoms with van der Waals surface area (Å²) in [6.07, 6.45) is 2.31. The predicted octanol–water partition coefficient (Wildman–Crippen LogP) is 4.29. The third-order valence-electron chi connectivity index (χ3n) is 5.09. The van der Waals surface area contributed by atoms with Crippen LogP contribution >= 0.6 is 23.2 Å². The molecular weight excluding hydrogens is 425 g/mol. The average molecular weight is 440 g/mol. The van der Waals surface area contributed by atoms with Gasteiger partial charge in [-0.25, -0.2) is 9.58 Å². The van der Waals surface area contributed by atoms with Crippen LogP contribution in [-0.2, 0) is 9.59 Å². The van der Waals surface area contributed by atoms with Crippen LogP contribution in [0.1, 0.15) is 30.0 Å². The van der Waals surface area contributed by atoms with Gasteiger partial charge in [0.05, 0.1) is 0 Å². The number of aromatic nitrogens is 3. The standard InChI is InChI=1S/C21H15Cl2N5O2/c22-13-7-5-12(6-8-13)16-11-17(14-3-1-2-4-15(14)23)28-20(24-16)25-21(26-28)27-18(29)9-10-19(27)30/h1-8,11,17H,9-10H2,(H,24,25,26)/t17-/m1/s1. The number of anilines is 2. The monoisotopic (exact) mass is 439 g/mol. The minimum Gasteiger partial charge on any atom is -0.324 e. The maximum atomic E-state index is 12.2. The van der Waals surface area contributed by atoms with Gasteiger partial charge < -0.3 is 5.32 Å². The van der Waals surface area contributed by atoms with Crippen LogP contribution in [0.3, 0.4) is 0 Å². The average Bonchev–Trinajstić information content (AvgIpc) is 3.30. The highest BCUT2D eigenvalue weighted by atomic mass is 35.5. The molecule has 0 unspecified atom stereocenters. The summed E-state index contributed by atoms with van der Waals surface area (Å²) in [7, 11) is 0. The molecule has 2 aliphatic heterocycles. The number of carbonyl (C=O) groups excluding carboxylic acids is 2. The van der Waals surface area contributed by atoms with Gasteiger partial charge in [-0.05, 0) is 35.4 Å². The zero-order valence-electron chi connectivity index (χ0n) is 15.5. The smallest absolute Gasteiger partial charge is 0.260 e. The van der Waals surface area contributed by atoms with Crippen molar-refractivity contribution in [3.05, 3.63) is 75.8 Å². The fourth-order valence-corrected chi connectivity index (χ4v) is 3.98. The molecule has 1 saturated heterocycles. The van der Waals surface area contributed by atoms with Crippen LogP contribution in [0.2, 0.25) is 10.0 Å². The Hall–Kier alpha value is -3.16. The Morgan fingerprint density at radius 1 is 0.967 bits per heavy atom. The van der Waals surface area contributed by atoms with E-state index in [-0.39, 0.29) is 36.6 Å². The van der Waals surface area contributed by atoms with E-state index in [4.69, 9.17) is 23.2 Å². The molecule has 3 heterocycles. The van der Waals surface area contributed by atoms with Crippen molar-refractivity contribution in [3.8, 4) is 0 Å². The number of allylic oxidation sites excluding steroid dienone is 1. The van der Waals surface area contributed by atoms with Gasteiger partial charge in [-0.2, -0.15) is 4.98 Å². The molecule has 2 aliphatic rings. The third-order valence-corrected chi connectivity index (χ3v) is 5.68. The van der Waals surface area contributed by atoms with Crippen LogP contribution < -0.4 is 10.2 Å². The highest BCUT2D eigenvalue weighted by Crippen LogP contribution is 2.37. The molecule has 150 valence electrons. The van der Waals surface area contributed by atoms with Gasteiger partial charge in [0, 0.05) is 28.6 Å². The van der Waals surface area contributed by atoms with Crippen LogP contribution in [-0.4, -0.2) is 26.6 Å². The van der Waals surface area contributed by atoms with Crippen LogP contribution in [0.15, 0.2) is 54.6 Å². The minimum absolute atomic E-state index is 0.0628. The topological polar surface area (TPSA) is 80.1 Å². The lowest BCUT2D eigenvalue weighted by Crippen LogP contribution is -2.29. The van der Waals surface area contributed by atoms with E-state index < -0.39 is 0 Å².